The first-order valence-corrected chi connectivity index (χ1v) is 5.90. The summed E-state index contributed by atoms with van der Waals surface area (Å²) >= 11 is 5.04. The number of nitrogens with one attached hydrogen (secondary N) is 2. The molecule has 1 amide bonds. The van der Waals surface area contributed by atoms with E-state index in [9.17, 15) is 4.79 Å². The molecule has 18 heavy (non-hydrogen) atoms. The van der Waals surface area contributed by atoms with E-state index in [-0.39, 0.29) is 16.9 Å². The van der Waals surface area contributed by atoms with Crippen LogP contribution in [0.2, 0.25) is 0 Å². The molecule has 5 nitrogen and oxygen atoms in total. The number of carbonyl (C=O) groups excluding carboxylic acids is 1. The molecule has 4 N–H and O–H groups in total. The number of nitrogens with two attached hydrogens (primary N) is 1. The van der Waals surface area contributed by atoms with Crippen LogP contribution < -0.4 is 21.1 Å². The summed E-state index contributed by atoms with van der Waals surface area (Å²) in [6, 6.07) is 5.13. The maximum Gasteiger partial charge on any atom is 0.228 e. The number of rotatable bonds is 3. The number of anilines is 2. The van der Waals surface area contributed by atoms with Crippen LogP contribution in [0.25, 0.3) is 0 Å². The molecule has 0 aliphatic rings. The van der Waals surface area contributed by atoms with Gasteiger partial charge in [-0.1, -0.05) is 13.8 Å². The molecule has 98 valence electrons. The summed E-state index contributed by atoms with van der Waals surface area (Å²) < 4.78 is 5.16. The van der Waals surface area contributed by atoms with E-state index in [0.717, 1.165) is 0 Å². The van der Waals surface area contributed by atoms with E-state index < -0.39 is 0 Å². The van der Waals surface area contributed by atoms with Gasteiger partial charge in [-0.3, -0.25) is 4.79 Å². The fraction of sp³-hybridized carbons (Fsp3) is 0.333. The lowest BCUT2D eigenvalue weighted by molar-refractivity contribution is -0.122. The van der Waals surface area contributed by atoms with Crippen LogP contribution in [0.3, 0.4) is 0 Å². The van der Waals surface area contributed by atoms with Crippen LogP contribution in [0.4, 0.5) is 11.4 Å². The maximum atomic E-state index is 11.5. The molecule has 0 fully saturated rings. The SMILES string of the molecule is COc1cc(N)ccc1NC(=S)NC(=O)C(C)C. The zero-order valence-electron chi connectivity index (χ0n) is 10.6. The van der Waals surface area contributed by atoms with E-state index in [2.05, 4.69) is 10.6 Å². The summed E-state index contributed by atoms with van der Waals surface area (Å²) in [5, 5.41) is 5.71. The fourth-order valence-electron chi connectivity index (χ4n) is 1.22. The zero-order valence-corrected chi connectivity index (χ0v) is 11.4. The molecule has 0 heterocycles. The van der Waals surface area contributed by atoms with E-state index in [0.29, 0.717) is 17.1 Å². The second-order valence-electron chi connectivity index (χ2n) is 4.06. The van der Waals surface area contributed by atoms with Gasteiger partial charge >= 0.3 is 0 Å². The van der Waals surface area contributed by atoms with Gasteiger partial charge in [-0.2, -0.15) is 0 Å². The smallest absolute Gasteiger partial charge is 0.228 e. The van der Waals surface area contributed by atoms with Crippen LogP contribution in [0.1, 0.15) is 13.8 Å². The lowest BCUT2D eigenvalue weighted by Crippen LogP contribution is -2.36. The van der Waals surface area contributed by atoms with Gasteiger partial charge in [0.15, 0.2) is 5.11 Å². The van der Waals surface area contributed by atoms with Crippen molar-refractivity contribution < 1.29 is 9.53 Å². The zero-order chi connectivity index (χ0) is 13.7. The quantitative estimate of drug-likeness (QED) is 0.574. The summed E-state index contributed by atoms with van der Waals surface area (Å²) in [6.07, 6.45) is 0. The number of ether oxygens (including phenoxy) is 1. The van der Waals surface area contributed by atoms with Gasteiger partial charge in [0.25, 0.3) is 0 Å². The first kappa shape index (κ1) is 14.2. The normalized spacial score (nSPS) is 10.0. The van der Waals surface area contributed by atoms with Crippen LogP contribution in [0, 0.1) is 5.92 Å². The predicted molar refractivity (Wildman–Crippen MR) is 76.6 cm³/mol. The van der Waals surface area contributed by atoms with E-state index >= 15 is 0 Å². The van der Waals surface area contributed by atoms with Crippen molar-refractivity contribution in [1.29, 1.82) is 0 Å². The van der Waals surface area contributed by atoms with E-state index in [1.165, 1.54) is 7.11 Å². The molecule has 0 saturated carbocycles. The van der Waals surface area contributed by atoms with Crippen LogP contribution in [-0.2, 0) is 4.79 Å². The minimum Gasteiger partial charge on any atom is -0.494 e. The molecule has 0 aliphatic heterocycles. The van der Waals surface area contributed by atoms with Gasteiger partial charge in [0.1, 0.15) is 5.75 Å². The van der Waals surface area contributed by atoms with Gasteiger partial charge < -0.3 is 21.1 Å². The van der Waals surface area contributed by atoms with Crippen LogP contribution in [0.15, 0.2) is 18.2 Å². The number of benzene rings is 1. The number of thiocarbonyl (C=S) groups is 1. The Morgan fingerprint density at radius 2 is 2.11 bits per heavy atom. The molecular weight excluding hydrogens is 250 g/mol. The second-order valence-corrected chi connectivity index (χ2v) is 4.47. The van der Waals surface area contributed by atoms with Crippen LogP contribution >= 0.6 is 12.2 Å². The van der Waals surface area contributed by atoms with E-state index in [4.69, 9.17) is 22.7 Å². The first-order chi connectivity index (χ1) is 8.43. The molecular formula is C12H17N3O2S. The van der Waals surface area contributed by atoms with E-state index in [1.807, 2.05) is 0 Å². The summed E-state index contributed by atoms with van der Waals surface area (Å²) in [5.74, 6) is 0.302. The van der Waals surface area contributed by atoms with Crippen molar-refractivity contribution in [3.05, 3.63) is 18.2 Å². The average molecular weight is 267 g/mol. The molecule has 0 bridgehead atoms. The van der Waals surface area contributed by atoms with Gasteiger partial charge in [-0.15, -0.1) is 0 Å². The van der Waals surface area contributed by atoms with Crippen molar-refractivity contribution in [2.75, 3.05) is 18.2 Å². The highest BCUT2D eigenvalue weighted by molar-refractivity contribution is 7.80. The molecule has 0 aliphatic carbocycles. The predicted octanol–water partition coefficient (Wildman–Crippen LogP) is 1.75. The summed E-state index contributed by atoms with van der Waals surface area (Å²) in [5.41, 5.74) is 6.89. The lowest BCUT2D eigenvalue weighted by Gasteiger charge is -2.14. The number of hydrogen-bond donors (Lipinski definition) is 3. The Labute approximate surface area is 112 Å². The number of nitrogen functional groups attached to an aromatic ring is 1. The number of hydrogen-bond acceptors (Lipinski definition) is 4. The number of carbonyl (C=O) groups is 1. The molecule has 1 rings (SSSR count). The van der Waals surface area contributed by atoms with Crippen molar-refractivity contribution in [2.45, 2.75) is 13.8 Å². The van der Waals surface area contributed by atoms with E-state index in [1.54, 1.807) is 32.0 Å². The van der Waals surface area contributed by atoms with Crippen LogP contribution in [0.5, 0.6) is 5.75 Å². The molecule has 1 aromatic carbocycles. The molecule has 0 atom stereocenters. The largest absolute Gasteiger partial charge is 0.494 e. The monoisotopic (exact) mass is 267 g/mol. The Morgan fingerprint density at radius 1 is 1.44 bits per heavy atom. The number of methoxy groups -OCH3 is 1. The first-order valence-electron chi connectivity index (χ1n) is 5.49. The second kappa shape index (κ2) is 6.20. The third-order valence-electron chi connectivity index (χ3n) is 2.23. The minimum atomic E-state index is -0.137. The highest BCUT2D eigenvalue weighted by Gasteiger charge is 2.10. The van der Waals surface area contributed by atoms with Crippen molar-refractivity contribution in [1.82, 2.24) is 5.32 Å². The van der Waals surface area contributed by atoms with Gasteiger partial charge in [0, 0.05) is 17.7 Å². The highest BCUT2D eigenvalue weighted by atomic mass is 32.1. The average Bonchev–Trinajstić information content (AvgIpc) is 2.31. The summed E-state index contributed by atoms with van der Waals surface area (Å²) in [7, 11) is 1.54. The fourth-order valence-corrected chi connectivity index (χ4v) is 1.43. The standard InChI is InChI=1S/C12H17N3O2S/c1-7(2)11(16)15-12(18)14-9-5-4-8(13)6-10(9)17-3/h4-7H,13H2,1-3H3,(H2,14,15,16,18). The Hall–Kier alpha value is -1.82. The van der Waals surface area contributed by atoms with Gasteiger partial charge in [-0.25, -0.2) is 0 Å². The Kier molecular flexibility index (Phi) is 4.91. The highest BCUT2D eigenvalue weighted by Crippen LogP contribution is 2.26. The Morgan fingerprint density at radius 3 is 2.67 bits per heavy atom. The summed E-state index contributed by atoms with van der Waals surface area (Å²) in [6.45, 7) is 3.59. The molecule has 6 heteroatoms. The molecule has 1 aromatic rings. The topological polar surface area (TPSA) is 76.4 Å². The third-order valence-corrected chi connectivity index (χ3v) is 2.44. The Balaban J connectivity index is 2.73. The van der Waals surface area contributed by atoms with Gasteiger partial charge in [0.05, 0.1) is 12.8 Å². The van der Waals surface area contributed by atoms with Crippen molar-refractivity contribution in [3.63, 3.8) is 0 Å². The molecule has 0 saturated heterocycles. The van der Waals surface area contributed by atoms with Crippen molar-refractivity contribution >= 4 is 34.6 Å². The van der Waals surface area contributed by atoms with Crippen LogP contribution in [-0.4, -0.2) is 18.1 Å². The van der Waals surface area contributed by atoms with Crippen molar-refractivity contribution in [3.8, 4) is 5.75 Å². The summed E-state index contributed by atoms with van der Waals surface area (Å²) in [4.78, 5) is 11.5. The van der Waals surface area contributed by atoms with Gasteiger partial charge in [0.2, 0.25) is 5.91 Å². The molecule has 0 aromatic heterocycles. The maximum absolute atomic E-state index is 11.5. The molecule has 0 unspecified atom stereocenters. The molecule has 0 spiro atoms. The van der Waals surface area contributed by atoms with Crippen molar-refractivity contribution in [2.24, 2.45) is 5.92 Å². The minimum absolute atomic E-state index is 0.127. The molecule has 0 radical (unpaired) electrons. The van der Waals surface area contributed by atoms with Gasteiger partial charge in [-0.05, 0) is 24.4 Å². The number of amides is 1. The third kappa shape index (κ3) is 3.89. The Bertz CT molecular complexity index is 461. The lowest BCUT2D eigenvalue weighted by atomic mass is 10.2.